The van der Waals surface area contributed by atoms with Gasteiger partial charge in [0.15, 0.2) is 0 Å². The number of carbonyl (C=O) groups excluding carboxylic acids is 1. The van der Waals surface area contributed by atoms with Gasteiger partial charge in [0, 0.05) is 31.7 Å². The van der Waals surface area contributed by atoms with Gasteiger partial charge in [-0.25, -0.2) is 4.79 Å². The number of carbonyl (C=O) groups is 1. The van der Waals surface area contributed by atoms with Gasteiger partial charge in [0.25, 0.3) is 0 Å². The van der Waals surface area contributed by atoms with E-state index in [1.54, 1.807) is 0 Å². The standard InChI is InChI=1S/C16H32N4O/c1-13(2)20-9-4-6-14(11-20)10-17-16(21)18-15-7-5-8-19(3)12-15/h13-15H,4-12H2,1-3H3,(H2,17,18,21). The Bertz CT molecular complexity index is 334. The summed E-state index contributed by atoms with van der Waals surface area (Å²) in [6.07, 6.45) is 4.75. The Labute approximate surface area is 129 Å². The van der Waals surface area contributed by atoms with Gasteiger partial charge in [-0.2, -0.15) is 0 Å². The molecule has 2 heterocycles. The molecule has 2 rings (SSSR count). The maximum Gasteiger partial charge on any atom is 0.315 e. The molecule has 5 nitrogen and oxygen atoms in total. The van der Waals surface area contributed by atoms with E-state index >= 15 is 0 Å². The van der Waals surface area contributed by atoms with Crippen LogP contribution in [0.2, 0.25) is 0 Å². The first-order chi connectivity index (χ1) is 10.0. The molecule has 2 aliphatic heterocycles. The molecule has 0 aromatic heterocycles. The fraction of sp³-hybridized carbons (Fsp3) is 0.938. The van der Waals surface area contributed by atoms with Crippen molar-refractivity contribution in [3.63, 3.8) is 0 Å². The van der Waals surface area contributed by atoms with E-state index in [9.17, 15) is 4.79 Å². The second-order valence-electron chi connectivity index (χ2n) is 7.05. The molecule has 0 radical (unpaired) electrons. The van der Waals surface area contributed by atoms with E-state index in [1.165, 1.54) is 25.8 Å². The summed E-state index contributed by atoms with van der Waals surface area (Å²) in [4.78, 5) is 16.8. The molecule has 0 bridgehead atoms. The molecule has 0 saturated carbocycles. The summed E-state index contributed by atoms with van der Waals surface area (Å²) in [6.45, 7) is 9.74. The number of likely N-dealkylation sites (tertiary alicyclic amines) is 2. The molecule has 5 heteroatoms. The van der Waals surface area contributed by atoms with Gasteiger partial charge in [0.2, 0.25) is 0 Å². The van der Waals surface area contributed by atoms with Crippen LogP contribution in [0.1, 0.15) is 39.5 Å². The molecule has 2 atom stereocenters. The molecule has 0 aromatic rings. The van der Waals surface area contributed by atoms with E-state index in [2.05, 4.69) is 41.3 Å². The maximum atomic E-state index is 12.0. The second kappa shape index (κ2) is 7.99. The Morgan fingerprint density at radius 1 is 1.19 bits per heavy atom. The molecule has 122 valence electrons. The molecule has 2 unspecified atom stereocenters. The van der Waals surface area contributed by atoms with Crippen LogP contribution in [-0.4, -0.2) is 67.7 Å². The molecule has 2 aliphatic rings. The van der Waals surface area contributed by atoms with E-state index in [1.807, 2.05) is 0 Å². The Balaban J connectivity index is 1.66. The molecule has 0 aromatic carbocycles. The zero-order valence-electron chi connectivity index (χ0n) is 13.9. The van der Waals surface area contributed by atoms with Crippen molar-refractivity contribution in [2.24, 2.45) is 5.92 Å². The minimum atomic E-state index is 0.0111. The Morgan fingerprint density at radius 3 is 2.67 bits per heavy atom. The average Bonchev–Trinajstić information content (AvgIpc) is 2.45. The fourth-order valence-corrected chi connectivity index (χ4v) is 3.49. The summed E-state index contributed by atoms with van der Waals surface area (Å²) in [5, 5.41) is 6.20. The van der Waals surface area contributed by atoms with E-state index in [0.717, 1.165) is 32.6 Å². The van der Waals surface area contributed by atoms with Crippen LogP contribution in [0.3, 0.4) is 0 Å². The number of rotatable bonds is 4. The van der Waals surface area contributed by atoms with Gasteiger partial charge in [-0.1, -0.05) is 0 Å². The zero-order valence-corrected chi connectivity index (χ0v) is 13.9. The van der Waals surface area contributed by atoms with Crippen molar-refractivity contribution < 1.29 is 4.79 Å². The minimum Gasteiger partial charge on any atom is -0.338 e. The normalized spacial score (nSPS) is 28.6. The first kappa shape index (κ1) is 16.6. The molecule has 0 aliphatic carbocycles. The Hall–Kier alpha value is -0.810. The van der Waals surface area contributed by atoms with E-state index in [0.29, 0.717) is 18.0 Å². The third kappa shape index (κ3) is 5.47. The van der Waals surface area contributed by atoms with Gasteiger partial charge in [-0.05, 0) is 65.6 Å². The number of nitrogens with zero attached hydrogens (tertiary/aromatic N) is 2. The molecular weight excluding hydrogens is 264 g/mol. The minimum absolute atomic E-state index is 0.0111. The Morgan fingerprint density at radius 2 is 1.95 bits per heavy atom. The SMILES string of the molecule is CC(C)N1CCCC(CNC(=O)NC2CCCN(C)C2)C1. The second-order valence-corrected chi connectivity index (χ2v) is 7.05. The summed E-state index contributed by atoms with van der Waals surface area (Å²) in [5.41, 5.74) is 0. The molecule has 21 heavy (non-hydrogen) atoms. The van der Waals surface area contributed by atoms with Crippen molar-refractivity contribution in [3.8, 4) is 0 Å². The smallest absolute Gasteiger partial charge is 0.315 e. The van der Waals surface area contributed by atoms with Crippen LogP contribution in [0.4, 0.5) is 4.79 Å². The predicted molar refractivity (Wildman–Crippen MR) is 86.5 cm³/mol. The van der Waals surface area contributed by atoms with Gasteiger partial charge < -0.3 is 20.4 Å². The lowest BCUT2D eigenvalue weighted by Gasteiger charge is -2.35. The highest BCUT2D eigenvalue weighted by Crippen LogP contribution is 2.17. The van der Waals surface area contributed by atoms with Gasteiger partial charge in [0.1, 0.15) is 0 Å². The number of urea groups is 1. The predicted octanol–water partition coefficient (Wildman–Crippen LogP) is 1.50. The highest BCUT2D eigenvalue weighted by Gasteiger charge is 2.23. The maximum absolute atomic E-state index is 12.0. The lowest BCUT2D eigenvalue weighted by molar-refractivity contribution is 0.138. The molecule has 2 amide bonds. The lowest BCUT2D eigenvalue weighted by atomic mass is 9.97. The van der Waals surface area contributed by atoms with Gasteiger partial charge >= 0.3 is 6.03 Å². The van der Waals surface area contributed by atoms with Crippen molar-refractivity contribution >= 4 is 6.03 Å². The summed E-state index contributed by atoms with van der Waals surface area (Å²) < 4.78 is 0. The van der Waals surface area contributed by atoms with Crippen LogP contribution < -0.4 is 10.6 Å². The lowest BCUT2D eigenvalue weighted by Crippen LogP contribution is -2.51. The number of likely N-dealkylation sites (N-methyl/N-ethyl adjacent to an activating group) is 1. The van der Waals surface area contributed by atoms with E-state index in [4.69, 9.17) is 0 Å². The van der Waals surface area contributed by atoms with Gasteiger partial charge in [-0.3, -0.25) is 0 Å². The van der Waals surface area contributed by atoms with Crippen LogP contribution in [-0.2, 0) is 0 Å². The van der Waals surface area contributed by atoms with Crippen LogP contribution in [0.25, 0.3) is 0 Å². The largest absolute Gasteiger partial charge is 0.338 e. The first-order valence-electron chi connectivity index (χ1n) is 8.51. The quantitative estimate of drug-likeness (QED) is 0.826. The number of nitrogens with one attached hydrogen (secondary N) is 2. The molecular formula is C16H32N4O. The van der Waals surface area contributed by atoms with Crippen molar-refractivity contribution in [2.45, 2.75) is 51.6 Å². The van der Waals surface area contributed by atoms with Gasteiger partial charge in [0.05, 0.1) is 0 Å². The zero-order chi connectivity index (χ0) is 15.2. The van der Waals surface area contributed by atoms with Crippen LogP contribution in [0.15, 0.2) is 0 Å². The summed E-state index contributed by atoms with van der Waals surface area (Å²) in [7, 11) is 2.12. The van der Waals surface area contributed by atoms with Crippen molar-refractivity contribution in [3.05, 3.63) is 0 Å². The summed E-state index contributed by atoms with van der Waals surface area (Å²) in [6, 6.07) is 0.929. The highest BCUT2D eigenvalue weighted by molar-refractivity contribution is 5.74. The van der Waals surface area contributed by atoms with Gasteiger partial charge in [-0.15, -0.1) is 0 Å². The highest BCUT2D eigenvalue weighted by atomic mass is 16.2. The third-order valence-electron chi connectivity index (χ3n) is 4.79. The number of piperidine rings is 2. The van der Waals surface area contributed by atoms with E-state index < -0.39 is 0 Å². The molecule has 2 N–H and O–H groups in total. The monoisotopic (exact) mass is 296 g/mol. The van der Waals surface area contributed by atoms with Crippen molar-refractivity contribution in [2.75, 3.05) is 39.8 Å². The molecule has 2 fully saturated rings. The average molecular weight is 296 g/mol. The number of hydrogen-bond donors (Lipinski definition) is 2. The summed E-state index contributed by atoms with van der Waals surface area (Å²) in [5.74, 6) is 0.598. The summed E-state index contributed by atoms with van der Waals surface area (Å²) >= 11 is 0. The van der Waals surface area contributed by atoms with Crippen LogP contribution >= 0.6 is 0 Å². The van der Waals surface area contributed by atoms with Crippen LogP contribution in [0, 0.1) is 5.92 Å². The fourth-order valence-electron chi connectivity index (χ4n) is 3.49. The third-order valence-corrected chi connectivity index (χ3v) is 4.79. The van der Waals surface area contributed by atoms with E-state index in [-0.39, 0.29) is 6.03 Å². The topological polar surface area (TPSA) is 47.6 Å². The molecule has 2 saturated heterocycles. The number of amides is 2. The Kier molecular flexibility index (Phi) is 6.30. The van der Waals surface area contributed by atoms with Crippen molar-refractivity contribution in [1.29, 1.82) is 0 Å². The first-order valence-corrected chi connectivity index (χ1v) is 8.51. The van der Waals surface area contributed by atoms with Crippen molar-refractivity contribution in [1.82, 2.24) is 20.4 Å². The molecule has 0 spiro atoms. The van der Waals surface area contributed by atoms with Crippen LogP contribution in [0.5, 0.6) is 0 Å². The number of hydrogen-bond acceptors (Lipinski definition) is 3.